The molecule has 148 valence electrons. The van der Waals surface area contributed by atoms with Crippen molar-refractivity contribution in [2.75, 3.05) is 0 Å². The Morgan fingerprint density at radius 2 is 1.69 bits per heavy atom. The molecule has 0 bridgehead atoms. The number of hydrogen-bond donors (Lipinski definition) is 1. The number of allylic oxidation sites excluding steroid dienone is 5. The number of carbonyl (C=O) groups excluding carboxylic acids is 2. The van der Waals surface area contributed by atoms with Crippen molar-refractivity contribution in [3.05, 3.63) is 77.4 Å². The molecule has 3 heteroatoms. The topological polar surface area (TPSA) is 54.4 Å². The highest BCUT2D eigenvalue weighted by molar-refractivity contribution is 6.17. The lowest BCUT2D eigenvalue weighted by molar-refractivity contribution is -0.147. The normalized spacial score (nSPS) is 29.7. The summed E-state index contributed by atoms with van der Waals surface area (Å²) in [4.78, 5) is 27.2. The molecule has 0 unspecified atom stereocenters. The van der Waals surface area contributed by atoms with Gasteiger partial charge in [0, 0.05) is 16.9 Å². The van der Waals surface area contributed by atoms with Crippen molar-refractivity contribution < 1.29 is 14.7 Å². The Morgan fingerprint density at radius 3 is 2.38 bits per heavy atom. The molecule has 2 aliphatic rings. The van der Waals surface area contributed by atoms with E-state index in [1.807, 2.05) is 50.3 Å². The molecule has 0 fully saturated rings. The van der Waals surface area contributed by atoms with Crippen LogP contribution in [0.5, 0.6) is 5.75 Å². The minimum absolute atomic E-state index is 0.0150. The van der Waals surface area contributed by atoms with Gasteiger partial charge in [-0.05, 0) is 53.8 Å². The van der Waals surface area contributed by atoms with Gasteiger partial charge in [0.05, 0.1) is 5.41 Å². The molecular weight excluding hydrogens is 360 g/mol. The Labute approximate surface area is 171 Å². The van der Waals surface area contributed by atoms with Crippen molar-refractivity contribution in [1.82, 2.24) is 0 Å². The summed E-state index contributed by atoms with van der Waals surface area (Å²) >= 11 is 0. The molecular formula is C26H26O3. The zero-order valence-corrected chi connectivity index (χ0v) is 17.4. The Kier molecular flexibility index (Phi) is 4.20. The third-order valence-electron chi connectivity index (χ3n) is 7.49. The average Bonchev–Trinajstić information content (AvgIpc) is 2.73. The molecule has 2 aromatic rings. The molecule has 3 atom stereocenters. The monoisotopic (exact) mass is 386 g/mol. The Bertz CT molecular complexity index is 1150. The maximum atomic E-state index is 13.8. The van der Waals surface area contributed by atoms with Crippen LogP contribution in [0.3, 0.4) is 0 Å². The van der Waals surface area contributed by atoms with Gasteiger partial charge in [0.15, 0.2) is 11.6 Å². The molecule has 0 saturated heterocycles. The number of Topliss-reactive ketones (excluding diaryl/α,β-unsaturated/α-hetero) is 2. The second kappa shape index (κ2) is 6.28. The van der Waals surface area contributed by atoms with Crippen LogP contribution in [0.4, 0.5) is 0 Å². The SMILES string of the molecule is C=CC1=CC[C@@]2(C)C(=O)C(C)=C(C)C(=O)[C@@]2(C)[C@H]1c1c(O)ccc2ccccc12. The van der Waals surface area contributed by atoms with Crippen molar-refractivity contribution in [3.8, 4) is 5.75 Å². The zero-order valence-electron chi connectivity index (χ0n) is 17.4. The van der Waals surface area contributed by atoms with E-state index in [4.69, 9.17) is 0 Å². The Morgan fingerprint density at radius 1 is 1.03 bits per heavy atom. The summed E-state index contributed by atoms with van der Waals surface area (Å²) in [6.45, 7) is 11.3. The van der Waals surface area contributed by atoms with E-state index in [1.54, 1.807) is 26.0 Å². The van der Waals surface area contributed by atoms with E-state index in [0.717, 1.165) is 16.3 Å². The van der Waals surface area contributed by atoms with Crippen molar-refractivity contribution in [2.45, 2.75) is 40.0 Å². The second-order valence-electron chi connectivity index (χ2n) is 8.71. The molecule has 1 N–H and O–H groups in total. The van der Waals surface area contributed by atoms with E-state index >= 15 is 0 Å². The number of aromatic hydroxyl groups is 1. The van der Waals surface area contributed by atoms with Crippen LogP contribution in [0.15, 0.2) is 71.8 Å². The molecule has 0 aromatic heterocycles. The van der Waals surface area contributed by atoms with Crippen LogP contribution < -0.4 is 0 Å². The minimum Gasteiger partial charge on any atom is -0.508 e. The van der Waals surface area contributed by atoms with Gasteiger partial charge in [-0.1, -0.05) is 62.9 Å². The van der Waals surface area contributed by atoms with Gasteiger partial charge >= 0.3 is 0 Å². The van der Waals surface area contributed by atoms with Crippen molar-refractivity contribution in [2.24, 2.45) is 10.8 Å². The van der Waals surface area contributed by atoms with Gasteiger partial charge in [0.1, 0.15) is 5.75 Å². The van der Waals surface area contributed by atoms with Crippen LogP contribution in [0.25, 0.3) is 10.8 Å². The smallest absolute Gasteiger partial charge is 0.166 e. The van der Waals surface area contributed by atoms with Crippen molar-refractivity contribution >= 4 is 22.3 Å². The number of rotatable bonds is 2. The van der Waals surface area contributed by atoms with E-state index in [-0.39, 0.29) is 17.3 Å². The van der Waals surface area contributed by atoms with Gasteiger partial charge in [-0.2, -0.15) is 0 Å². The molecule has 0 heterocycles. The van der Waals surface area contributed by atoms with E-state index < -0.39 is 16.7 Å². The molecule has 3 nitrogen and oxygen atoms in total. The summed E-state index contributed by atoms with van der Waals surface area (Å²) < 4.78 is 0. The second-order valence-corrected chi connectivity index (χ2v) is 8.71. The standard InChI is InChI=1S/C26H26O3/c1-6-17-13-14-25(4)23(28)15(2)16(3)24(29)26(25,5)22(17)21-19-10-8-7-9-18(19)11-12-20(21)27/h6-13,22,27H,1,14H2,2-5H3/t22-,25+,26-/m1/s1. The lowest BCUT2D eigenvalue weighted by atomic mass is 9.45. The summed E-state index contributed by atoms with van der Waals surface area (Å²) in [5.41, 5.74) is 0.736. The minimum atomic E-state index is -1.02. The molecule has 0 spiro atoms. The molecule has 0 aliphatic heterocycles. The van der Waals surface area contributed by atoms with Crippen molar-refractivity contribution in [1.29, 1.82) is 0 Å². The molecule has 0 amide bonds. The van der Waals surface area contributed by atoms with E-state index in [0.29, 0.717) is 23.1 Å². The number of benzene rings is 2. The van der Waals surface area contributed by atoms with Crippen LogP contribution in [0.1, 0.15) is 45.6 Å². The third kappa shape index (κ3) is 2.30. The first-order valence-electron chi connectivity index (χ1n) is 9.98. The predicted octanol–water partition coefficient (Wildman–Crippen LogP) is 5.65. The van der Waals surface area contributed by atoms with Gasteiger partial charge in [-0.25, -0.2) is 0 Å². The zero-order chi connectivity index (χ0) is 21.1. The first-order chi connectivity index (χ1) is 13.7. The van der Waals surface area contributed by atoms with Crippen LogP contribution in [0, 0.1) is 10.8 Å². The number of ketones is 2. The van der Waals surface area contributed by atoms with Gasteiger partial charge in [0.25, 0.3) is 0 Å². The Balaban J connectivity index is 2.13. The number of carbonyl (C=O) groups is 2. The largest absolute Gasteiger partial charge is 0.508 e. The molecule has 0 radical (unpaired) electrons. The summed E-state index contributed by atoms with van der Waals surface area (Å²) in [5.74, 6) is -0.344. The van der Waals surface area contributed by atoms with Gasteiger partial charge in [0.2, 0.25) is 0 Å². The van der Waals surface area contributed by atoms with Crippen molar-refractivity contribution in [3.63, 3.8) is 0 Å². The first kappa shape index (κ1) is 19.4. The van der Waals surface area contributed by atoms with Crippen LogP contribution in [-0.4, -0.2) is 16.7 Å². The first-order valence-corrected chi connectivity index (χ1v) is 9.98. The summed E-state index contributed by atoms with van der Waals surface area (Å²) in [5, 5.41) is 12.8. The molecule has 0 saturated carbocycles. The third-order valence-corrected chi connectivity index (χ3v) is 7.49. The van der Waals surface area contributed by atoms with Crippen LogP contribution in [0.2, 0.25) is 0 Å². The number of fused-ring (bicyclic) bond motifs is 2. The number of phenols is 1. The van der Waals surface area contributed by atoms with E-state index in [9.17, 15) is 14.7 Å². The fraction of sp³-hybridized carbons (Fsp3) is 0.308. The quantitative estimate of drug-likeness (QED) is 0.726. The summed E-state index contributed by atoms with van der Waals surface area (Å²) in [6.07, 6.45) is 4.25. The molecule has 2 aromatic carbocycles. The maximum Gasteiger partial charge on any atom is 0.166 e. The van der Waals surface area contributed by atoms with Gasteiger partial charge in [-0.3, -0.25) is 9.59 Å². The molecule has 2 aliphatic carbocycles. The maximum absolute atomic E-state index is 13.8. The predicted molar refractivity (Wildman–Crippen MR) is 116 cm³/mol. The van der Waals surface area contributed by atoms with Crippen LogP contribution in [-0.2, 0) is 9.59 Å². The lowest BCUT2D eigenvalue weighted by Gasteiger charge is -2.54. The number of hydrogen-bond acceptors (Lipinski definition) is 3. The fourth-order valence-electron chi connectivity index (χ4n) is 5.40. The molecule has 4 rings (SSSR count). The van der Waals surface area contributed by atoms with E-state index in [2.05, 4.69) is 6.58 Å². The number of phenolic OH excluding ortho intramolecular Hbond substituents is 1. The van der Waals surface area contributed by atoms with E-state index in [1.165, 1.54) is 0 Å². The fourth-order valence-corrected chi connectivity index (χ4v) is 5.40. The lowest BCUT2D eigenvalue weighted by Crippen LogP contribution is -2.57. The summed E-state index contributed by atoms with van der Waals surface area (Å²) in [6, 6.07) is 11.4. The van der Waals surface area contributed by atoms with Gasteiger partial charge in [-0.15, -0.1) is 0 Å². The van der Waals surface area contributed by atoms with Gasteiger partial charge < -0.3 is 5.11 Å². The highest BCUT2D eigenvalue weighted by Gasteiger charge is 2.63. The summed E-state index contributed by atoms with van der Waals surface area (Å²) in [7, 11) is 0. The highest BCUT2D eigenvalue weighted by atomic mass is 16.3. The Hall–Kier alpha value is -2.94. The molecule has 29 heavy (non-hydrogen) atoms. The van der Waals surface area contributed by atoms with Crippen LogP contribution >= 0.6 is 0 Å². The average molecular weight is 386 g/mol. The highest BCUT2D eigenvalue weighted by Crippen LogP contribution is 2.63.